The molecule has 2 aromatic heterocycles. The summed E-state index contributed by atoms with van der Waals surface area (Å²) < 4.78 is 13.6. The lowest BCUT2D eigenvalue weighted by atomic mass is 9.84. The van der Waals surface area contributed by atoms with Crippen molar-refractivity contribution in [1.82, 2.24) is 0 Å². The Hall–Kier alpha value is -6.64. The molecule has 0 aliphatic rings. The van der Waals surface area contributed by atoms with Crippen molar-refractivity contribution in [2.45, 2.75) is 0 Å². The molecule has 0 saturated heterocycles. The number of benzene rings is 9. The largest absolute Gasteiger partial charge is 0.455 e. The van der Waals surface area contributed by atoms with Crippen molar-refractivity contribution >= 4 is 76.2 Å². The molecule has 0 bridgehead atoms. The fourth-order valence-electron chi connectivity index (χ4n) is 8.26. The first-order valence-electron chi connectivity index (χ1n) is 17.1. The zero-order chi connectivity index (χ0) is 32.8. The van der Waals surface area contributed by atoms with Gasteiger partial charge in [0, 0.05) is 27.1 Å². The second-order valence-corrected chi connectivity index (χ2v) is 13.2. The minimum absolute atomic E-state index is 0.847. The average molecular weight is 637 g/mol. The van der Waals surface area contributed by atoms with E-state index in [1.165, 1.54) is 43.8 Å². The average Bonchev–Trinajstić information content (AvgIpc) is 3.74. The number of furan rings is 2. The Morgan fingerprint density at radius 3 is 1.40 bits per heavy atom. The predicted octanol–water partition coefficient (Wildman–Crippen LogP) is 13.9. The first-order valence-corrected chi connectivity index (χ1v) is 17.1. The topological polar surface area (TPSA) is 26.3 Å². The Morgan fingerprint density at radius 2 is 0.800 bits per heavy atom. The van der Waals surface area contributed by atoms with Crippen LogP contribution in [-0.4, -0.2) is 0 Å². The summed E-state index contributed by atoms with van der Waals surface area (Å²) >= 11 is 0. The summed E-state index contributed by atoms with van der Waals surface area (Å²) in [5, 5.41) is 11.6. The van der Waals surface area contributed by atoms with Gasteiger partial charge >= 0.3 is 0 Å². The van der Waals surface area contributed by atoms with Gasteiger partial charge < -0.3 is 8.83 Å². The van der Waals surface area contributed by atoms with E-state index in [-0.39, 0.29) is 0 Å². The molecule has 11 aromatic rings. The smallest absolute Gasteiger partial charge is 0.147 e. The van der Waals surface area contributed by atoms with Crippen LogP contribution in [0.4, 0.5) is 0 Å². The fraction of sp³-hybridized carbons (Fsp3) is 0. The number of hydrogen-bond acceptors (Lipinski definition) is 2. The van der Waals surface area contributed by atoms with Crippen molar-refractivity contribution in [3.8, 4) is 33.4 Å². The van der Waals surface area contributed by atoms with Gasteiger partial charge in [0.1, 0.15) is 22.3 Å². The van der Waals surface area contributed by atoms with Crippen LogP contribution in [-0.2, 0) is 0 Å². The molecule has 0 N–H and O–H groups in total. The molecule has 11 rings (SSSR count). The lowest BCUT2D eigenvalue weighted by Crippen LogP contribution is -1.92. The van der Waals surface area contributed by atoms with E-state index in [1.807, 2.05) is 12.1 Å². The zero-order valence-corrected chi connectivity index (χ0v) is 27.0. The minimum atomic E-state index is 0.847. The highest BCUT2D eigenvalue weighted by Crippen LogP contribution is 2.51. The monoisotopic (exact) mass is 636 g/mol. The SMILES string of the molecule is c1ccc(-c2ccc3c(-c4c5ccccc5c(-c5c6oc7ccccc7c6cc6c5oc5ccccc56)c5ccccc45)cccc3c2)cc1. The Balaban J connectivity index is 1.29. The predicted molar refractivity (Wildman–Crippen MR) is 210 cm³/mol. The summed E-state index contributed by atoms with van der Waals surface area (Å²) in [5.74, 6) is 0. The van der Waals surface area contributed by atoms with E-state index in [4.69, 9.17) is 8.83 Å². The third kappa shape index (κ3) is 3.85. The van der Waals surface area contributed by atoms with E-state index in [1.54, 1.807) is 0 Å². The van der Waals surface area contributed by atoms with Gasteiger partial charge in [0.25, 0.3) is 0 Å². The number of para-hydroxylation sites is 2. The van der Waals surface area contributed by atoms with Crippen LogP contribution in [0.15, 0.2) is 179 Å². The highest BCUT2D eigenvalue weighted by atomic mass is 16.3. The van der Waals surface area contributed by atoms with Gasteiger partial charge in [0.2, 0.25) is 0 Å². The van der Waals surface area contributed by atoms with E-state index in [0.29, 0.717) is 0 Å². The van der Waals surface area contributed by atoms with E-state index >= 15 is 0 Å². The van der Waals surface area contributed by atoms with Crippen LogP contribution >= 0.6 is 0 Å². The van der Waals surface area contributed by atoms with Gasteiger partial charge in [-0.3, -0.25) is 0 Å². The lowest BCUT2D eigenvalue weighted by molar-refractivity contribution is 0.658. The normalized spacial score (nSPS) is 12.0. The Morgan fingerprint density at radius 1 is 0.280 bits per heavy atom. The van der Waals surface area contributed by atoms with Crippen LogP contribution in [0.3, 0.4) is 0 Å². The first-order chi connectivity index (χ1) is 24.8. The third-order valence-corrected chi connectivity index (χ3v) is 10.4. The molecule has 0 unspecified atom stereocenters. The van der Waals surface area contributed by atoms with Crippen molar-refractivity contribution in [1.29, 1.82) is 0 Å². The van der Waals surface area contributed by atoms with Crippen molar-refractivity contribution < 1.29 is 8.83 Å². The molecule has 2 heterocycles. The maximum absolute atomic E-state index is 6.80. The van der Waals surface area contributed by atoms with Crippen LogP contribution in [0.2, 0.25) is 0 Å². The number of fused-ring (bicyclic) bond motifs is 9. The van der Waals surface area contributed by atoms with Gasteiger partial charge in [0.15, 0.2) is 0 Å². The summed E-state index contributed by atoms with van der Waals surface area (Å²) in [6.07, 6.45) is 0. The molecule has 0 spiro atoms. The van der Waals surface area contributed by atoms with Crippen molar-refractivity contribution in [2.24, 2.45) is 0 Å². The second kappa shape index (κ2) is 10.4. The summed E-state index contributed by atoms with van der Waals surface area (Å²) in [5.41, 5.74) is 10.4. The summed E-state index contributed by atoms with van der Waals surface area (Å²) in [6, 6.07) is 60.7. The summed E-state index contributed by atoms with van der Waals surface area (Å²) in [6.45, 7) is 0. The second-order valence-electron chi connectivity index (χ2n) is 13.2. The minimum Gasteiger partial charge on any atom is -0.455 e. The molecule has 232 valence electrons. The molecule has 0 radical (unpaired) electrons. The van der Waals surface area contributed by atoms with Crippen LogP contribution in [0, 0.1) is 0 Å². The number of hydrogen-bond donors (Lipinski definition) is 0. The van der Waals surface area contributed by atoms with E-state index < -0.39 is 0 Å². The molecule has 2 heteroatoms. The van der Waals surface area contributed by atoms with Gasteiger partial charge in [-0.2, -0.15) is 0 Å². The molecule has 9 aromatic carbocycles. The quantitative estimate of drug-likeness (QED) is 0.180. The zero-order valence-electron chi connectivity index (χ0n) is 27.0. The van der Waals surface area contributed by atoms with Crippen LogP contribution in [0.5, 0.6) is 0 Å². The highest BCUT2D eigenvalue weighted by Gasteiger charge is 2.25. The molecule has 0 atom stereocenters. The Kier molecular flexibility index (Phi) is 5.70. The van der Waals surface area contributed by atoms with Gasteiger partial charge in [-0.15, -0.1) is 0 Å². The molecular weight excluding hydrogens is 609 g/mol. The summed E-state index contributed by atoms with van der Waals surface area (Å²) in [7, 11) is 0. The van der Waals surface area contributed by atoms with Gasteiger partial charge in [-0.05, 0) is 78.8 Å². The van der Waals surface area contributed by atoms with Gasteiger partial charge in [-0.25, -0.2) is 0 Å². The fourth-order valence-corrected chi connectivity index (χ4v) is 8.26. The molecule has 0 saturated carbocycles. The first kappa shape index (κ1) is 27.3. The lowest BCUT2D eigenvalue weighted by Gasteiger charge is -2.19. The molecule has 0 aliphatic heterocycles. The van der Waals surface area contributed by atoms with E-state index in [2.05, 4.69) is 158 Å². The Bertz CT molecular complexity index is 3000. The van der Waals surface area contributed by atoms with Crippen molar-refractivity contribution in [3.05, 3.63) is 170 Å². The molecule has 0 amide bonds. The van der Waals surface area contributed by atoms with Crippen molar-refractivity contribution in [2.75, 3.05) is 0 Å². The van der Waals surface area contributed by atoms with Crippen LogP contribution < -0.4 is 0 Å². The van der Waals surface area contributed by atoms with Crippen LogP contribution in [0.25, 0.3) is 110 Å². The van der Waals surface area contributed by atoms with Gasteiger partial charge in [-0.1, -0.05) is 146 Å². The molecule has 50 heavy (non-hydrogen) atoms. The maximum Gasteiger partial charge on any atom is 0.147 e. The molecular formula is C48H28O2. The number of rotatable bonds is 3. The van der Waals surface area contributed by atoms with Crippen molar-refractivity contribution in [3.63, 3.8) is 0 Å². The third-order valence-electron chi connectivity index (χ3n) is 10.4. The van der Waals surface area contributed by atoms with E-state index in [9.17, 15) is 0 Å². The van der Waals surface area contributed by atoms with E-state index in [0.717, 1.165) is 65.8 Å². The van der Waals surface area contributed by atoms with Crippen LogP contribution in [0.1, 0.15) is 0 Å². The molecule has 2 nitrogen and oxygen atoms in total. The standard InChI is InChI=1S/C48H28O2/c1-2-13-29(14-3-1)30-25-26-32-31(27-30)15-12-22-35(32)44-36-18-4-6-20-38(36)45(39-21-7-5-19-37(39)44)46-47-40(33-16-8-10-23-42(33)49-47)28-41-34-17-9-11-24-43(34)50-48(41)46/h1-28H. The maximum atomic E-state index is 6.80. The Labute approximate surface area is 287 Å². The van der Waals surface area contributed by atoms with Gasteiger partial charge in [0.05, 0.1) is 5.56 Å². The molecule has 0 fully saturated rings. The summed E-state index contributed by atoms with van der Waals surface area (Å²) in [4.78, 5) is 0. The molecule has 0 aliphatic carbocycles. The highest BCUT2D eigenvalue weighted by molar-refractivity contribution is 6.30.